The second-order valence-electron chi connectivity index (χ2n) is 11.4. The molecule has 0 bridgehead atoms. The van der Waals surface area contributed by atoms with E-state index in [1.165, 1.54) is 33.2 Å². The predicted octanol–water partition coefficient (Wildman–Crippen LogP) is 9.28. The zero-order valence-electron chi connectivity index (χ0n) is 22.9. The van der Waals surface area contributed by atoms with Crippen LogP contribution in [0.1, 0.15) is 39.2 Å². The average molecular weight is 530 g/mol. The van der Waals surface area contributed by atoms with Crippen molar-refractivity contribution >= 4 is 46.7 Å². The lowest BCUT2D eigenvalue weighted by Gasteiger charge is -2.27. The van der Waals surface area contributed by atoms with Gasteiger partial charge in [0, 0.05) is 24.0 Å². The van der Waals surface area contributed by atoms with Crippen LogP contribution in [0.2, 0.25) is 0 Å². The number of benzene rings is 2. The van der Waals surface area contributed by atoms with E-state index in [0.717, 1.165) is 53.8 Å². The molecule has 4 aliphatic rings. The summed E-state index contributed by atoms with van der Waals surface area (Å²) >= 11 is 0. The van der Waals surface area contributed by atoms with Gasteiger partial charge in [-0.15, -0.1) is 0 Å². The molecule has 0 fully saturated rings. The van der Waals surface area contributed by atoms with Gasteiger partial charge in [-0.3, -0.25) is 4.99 Å². The highest BCUT2D eigenvalue weighted by Gasteiger charge is 2.35. The Morgan fingerprint density at radius 2 is 1.95 bits per heavy atom. The van der Waals surface area contributed by atoms with Crippen molar-refractivity contribution in [2.24, 2.45) is 16.8 Å². The van der Waals surface area contributed by atoms with E-state index >= 15 is 0 Å². The van der Waals surface area contributed by atoms with E-state index in [1.54, 1.807) is 0 Å². The fourth-order valence-electron chi connectivity index (χ4n) is 5.95. The van der Waals surface area contributed by atoms with Crippen molar-refractivity contribution in [1.82, 2.24) is 0 Å². The van der Waals surface area contributed by atoms with Crippen LogP contribution in [0.25, 0.3) is 21.9 Å². The Bertz CT molecular complexity index is 1750. The molecule has 3 aromatic rings. The number of hydrogen-bond donors (Lipinski definition) is 0. The highest BCUT2D eigenvalue weighted by atomic mass is 31.1. The number of fused-ring (bicyclic) bond motifs is 5. The van der Waals surface area contributed by atoms with Gasteiger partial charge in [0.25, 0.3) is 0 Å². The molecule has 0 N–H and O–H groups in total. The lowest BCUT2D eigenvalue weighted by molar-refractivity contribution is 0.566. The Balaban J connectivity index is 1.43. The summed E-state index contributed by atoms with van der Waals surface area (Å²) in [6.45, 7) is 8.52. The van der Waals surface area contributed by atoms with Crippen molar-refractivity contribution in [3.63, 3.8) is 0 Å². The van der Waals surface area contributed by atoms with Gasteiger partial charge in [-0.25, -0.2) is 0 Å². The van der Waals surface area contributed by atoms with E-state index in [2.05, 4.69) is 116 Å². The lowest BCUT2D eigenvalue weighted by atomic mass is 9.88. The van der Waals surface area contributed by atoms with E-state index in [-0.39, 0.29) is 7.55 Å². The smallest absolute Gasteiger partial charge is 0.196 e. The number of dihydropyridines is 1. The molecule has 2 atom stereocenters. The molecular formula is C35H34N2OP+. The number of furan rings is 1. The molecule has 194 valence electrons. The number of rotatable bonds is 4. The molecule has 0 saturated carbocycles. The third-order valence-electron chi connectivity index (χ3n) is 8.05. The third kappa shape index (κ3) is 4.49. The summed E-state index contributed by atoms with van der Waals surface area (Å²) in [4.78, 5) is 7.55. The standard InChI is InChI=1S/C35H34N2OP/c1-23(2)18-26-19-30(36-20-24(26)3)28-15-16-31(34-29-11-7-8-12-33(29)38-35(28)34)37-17-9-5-4-6-10-25-13-14-27-21-39(27)22-32(25)37/h4-9,11-16,19,21-24H,10,17-18,20H2,1-3H3/q+1/b6-4-,9-5-. The van der Waals surface area contributed by atoms with Crippen LogP contribution >= 0.6 is 7.55 Å². The van der Waals surface area contributed by atoms with Crippen LogP contribution in [0.4, 0.5) is 5.69 Å². The zero-order chi connectivity index (χ0) is 26.5. The molecule has 39 heavy (non-hydrogen) atoms. The number of aliphatic imine (C=N–C) groups is 1. The van der Waals surface area contributed by atoms with Gasteiger partial charge in [-0.1, -0.05) is 74.9 Å². The number of anilines is 1. The first-order valence-corrected chi connectivity index (χ1v) is 15.6. The Morgan fingerprint density at radius 1 is 1.08 bits per heavy atom. The highest BCUT2D eigenvalue weighted by Crippen LogP contribution is 2.52. The van der Waals surface area contributed by atoms with Crippen LogP contribution in [0, 0.1) is 11.8 Å². The first-order chi connectivity index (χ1) is 19.1. The second kappa shape index (κ2) is 9.81. The molecule has 2 aromatic carbocycles. The quantitative estimate of drug-likeness (QED) is 0.315. The predicted molar refractivity (Wildman–Crippen MR) is 169 cm³/mol. The number of para-hydroxylation sites is 1. The van der Waals surface area contributed by atoms with Gasteiger partial charge in [0.15, 0.2) is 18.7 Å². The minimum absolute atomic E-state index is 0.259. The minimum Gasteiger partial charge on any atom is -0.455 e. The van der Waals surface area contributed by atoms with Gasteiger partial charge < -0.3 is 9.32 Å². The summed E-state index contributed by atoms with van der Waals surface area (Å²) in [6, 6.07) is 13.0. The molecule has 1 aromatic heterocycles. The monoisotopic (exact) mass is 529 g/mol. The number of nitrogens with zero attached hydrogens (tertiary/aromatic N) is 2. The zero-order valence-corrected chi connectivity index (χ0v) is 23.8. The van der Waals surface area contributed by atoms with Crippen LogP contribution in [0.15, 0.2) is 116 Å². The van der Waals surface area contributed by atoms with Gasteiger partial charge >= 0.3 is 0 Å². The minimum atomic E-state index is -0.259. The van der Waals surface area contributed by atoms with Crippen LogP contribution in [-0.2, 0) is 0 Å². The molecule has 0 radical (unpaired) electrons. The fourth-order valence-corrected chi connectivity index (χ4v) is 7.50. The van der Waals surface area contributed by atoms with Crippen molar-refractivity contribution < 1.29 is 4.42 Å². The van der Waals surface area contributed by atoms with E-state index in [0.29, 0.717) is 11.8 Å². The average Bonchev–Trinajstić information content (AvgIpc) is 3.57. The van der Waals surface area contributed by atoms with E-state index in [1.807, 2.05) is 0 Å². The van der Waals surface area contributed by atoms with Crippen molar-refractivity contribution in [2.75, 3.05) is 18.0 Å². The normalized spacial score (nSPS) is 23.2. The van der Waals surface area contributed by atoms with Crippen molar-refractivity contribution in [3.05, 3.63) is 112 Å². The molecule has 4 aliphatic heterocycles. The van der Waals surface area contributed by atoms with Gasteiger partial charge in [0.2, 0.25) is 0 Å². The Hall–Kier alpha value is -3.68. The molecule has 3 nitrogen and oxygen atoms in total. The van der Waals surface area contributed by atoms with Crippen LogP contribution in [0.3, 0.4) is 0 Å². The van der Waals surface area contributed by atoms with Gasteiger partial charge in [0.1, 0.15) is 17.0 Å². The molecule has 0 spiro atoms. The topological polar surface area (TPSA) is 28.7 Å². The van der Waals surface area contributed by atoms with Crippen LogP contribution < -0.4 is 4.90 Å². The summed E-state index contributed by atoms with van der Waals surface area (Å²) in [5, 5.41) is 3.82. The Labute approximate surface area is 231 Å². The molecule has 2 unspecified atom stereocenters. The van der Waals surface area contributed by atoms with Gasteiger partial charge in [-0.05, 0) is 60.6 Å². The number of hydrogen-bond acceptors (Lipinski definition) is 3. The summed E-state index contributed by atoms with van der Waals surface area (Å²) in [6.07, 6.45) is 17.9. The second-order valence-corrected chi connectivity index (χ2v) is 13.2. The maximum Gasteiger partial charge on any atom is 0.196 e. The summed E-state index contributed by atoms with van der Waals surface area (Å²) in [5.74, 6) is 6.02. The van der Waals surface area contributed by atoms with E-state index < -0.39 is 0 Å². The largest absolute Gasteiger partial charge is 0.455 e. The maximum atomic E-state index is 6.67. The van der Waals surface area contributed by atoms with Crippen LogP contribution in [-0.4, -0.2) is 24.6 Å². The first kappa shape index (κ1) is 24.4. The first-order valence-electron chi connectivity index (χ1n) is 14.1. The van der Waals surface area contributed by atoms with Crippen molar-refractivity contribution in [2.45, 2.75) is 33.6 Å². The molecule has 4 heteroatoms. The SMILES string of the molecule is CC(C)CC1=CC(c2ccc(N3C/C=C\C=C/CC4=CC=C5C=[P+]5C=C43)c3c2oc2ccccc23)=NCC1C. The Morgan fingerprint density at radius 3 is 2.85 bits per heavy atom. The molecule has 0 aliphatic carbocycles. The highest BCUT2D eigenvalue weighted by molar-refractivity contribution is 7.76. The fraction of sp³-hybridized carbons (Fsp3) is 0.257. The number of allylic oxidation sites excluding steroid dienone is 8. The molecule has 0 amide bonds. The molecule has 7 rings (SSSR count). The summed E-state index contributed by atoms with van der Waals surface area (Å²) < 4.78 is 6.67. The molecule has 0 saturated heterocycles. The summed E-state index contributed by atoms with van der Waals surface area (Å²) in [7, 11) is -0.259. The third-order valence-corrected chi connectivity index (χ3v) is 9.73. The van der Waals surface area contributed by atoms with Crippen LogP contribution in [0.5, 0.6) is 0 Å². The molecular weight excluding hydrogens is 495 g/mol. The van der Waals surface area contributed by atoms with Crippen molar-refractivity contribution in [3.8, 4) is 0 Å². The van der Waals surface area contributed by atoms with Gasteiger partial charge in [-0.2, -0.15) is 0 Å². The van der Waals surface area contributed by atoms with E-state index in [4.69, 9.17) is 9.41 Å². The lowest BCUT2D eigenvalue weighted by Crippen LogP contribution is -2.24. The van der Waals surface area contributed by atoms with Gasteiger partial charge in [0.05, 0.1) is 22.5 Å². The maximum absolute atomic E-state index is 6.67. The summed E-state index contributed by atoms with van der Waals surface area (Å²) in [5.41, 5.74) is 9.37. The van der Waals surface area contributed by atoms with E-state index in [9.17, 15) is 0 Å². The van der Waals surface area contributed by atoms with Crippen molar-refractivity contribution in [1.29, 1.82) is 0 Å². The molecule has 5 heterocycles. The Kier molecular flexibility index (Phi) is 6.13.